The standard InChI is InChI=1S/B5H2OP/c1-2-3-4-5-7-6/h1H2. The van der Waals surface area contributed by atoms with Crippen LogP contribution in [0.1, 0.15) is 0 Å². The van der Waals surface area contributed by atoms with Gasteiger partial charge in [0, 0.05) is 0 Å². The third kappa shape index (κ3) is 6.42. The molecule has 0 unspecified atom stereocenters. The summed E-state index contributed by atoms with van der Waals surface area (Å²) in [7, 11) is 1.98. The Labute approximate surface area is 48.0 Å². The molecule has 0 aromatic rings. The Morgan fingerprint density at radius 2 is 2.14 bits per heavy atom. The van der Waals surface area contributed by atoms with Gasteiger partial charge in [-0.25, -0.2) is 0 Å². The topological polar surface area (TPSA) is 17.1 Å². The van der Waals surface area contributed by atoms with Crippen molar-refractivity contribution in [2.24, 2.45) is 0 Å². The predicted octanol–water partition coefficient (Wildman–Crippen LogP) is -1.70. The van der Waals surface area contributed by atoms with Crippen molar-refractivity contribution in [3.63, 3.8) is 0 Å². The Bertz CT molecular complexity index is 94.3. The predicted molar refractivity (Wildman–Crippen MR) is 39.2 cm³/mol. The van der Waals surface area contributed by atoms with E-state index in [9.17, 15) is 4.57 Å². The Kier molecular flexibility index (Phi) is 6.81. The summed E-state index contributed by atoms with van der Waals surface area (Å²) in [6, 6.07) is 0. The van der Waals surface area contributed by atoms with Gasteiger partial charge in [0.15, 0.2) is 0 Å². The molecule has 28 valence electrons. The summed E-state index contributed by atoms with van der Waals surface area (Å²) in [5.41, 5.74) is 0. The molecule has 0 aliphatic heterocycles. The summed E-state index contributed by atoms with van der Waals surface area (Å²) in [6.45, 7) is 6.97. The molecule has 0 atom stereocenters. The summed E-state index contributed by atoms with van der Waals surface area (Å²) in [6.07, 6.45) is 0. The molecule has 0 fully saturated rings. The van der Waals surface area contributed by atoms with Gasteiger partial charge < -0.3 is 0 Å². The van der Waals surface area contributed by atoms with Crippen molar-refractivity contribution < 1.29 is 4.57 Å². The van der Waals surface area contributed by atoms with Gasteiger partial charge >= 0.3 is 47.2 Å². The fourth-order valence-corrected chi connectivity index (χ4v) is 0.366. The van der Waals surface area contributed by atoms with E-state index < -0.39 is 0 Å². The van der Waals surface area contributed by atoms with Crippen molar-refractivity contribution in [3.05, 3.63) is 0 Å². The molecular weight excluding hydrogens is 101 g/mol. The van der Waals surface area contributed by atoms with Gasteiger partial charge in [-0.3, -0.25) is 0 Å². The summed E-state index contributed by atoms with van der Waals surface area (Å²) in [4.78, 5) is 0. The summed E-state index contributed by atoms with van der Waals surface area (Å²) in [5.74, 6) is 0. The average molecular weight is 103 g/mol. The number of rotatable bonds is 2. The van der Waals surface area contributed by atoms with Gasteiger partial charge in [0.1, 0.15) is 0 Å². The molecule has 0 aromatic heterocycles. The van der Waals surface area contributed by atoms with Crippen molar-refractivity contribution in [3.8, 4) is 0 Å². The van der Waals surface area contributed by atoms with Crippen LogP contribution in [0, 0.1) is 0 Å². The van der Waals surface area contributed by atoms with Crippen LogP contribution >= 0.6 is 8.34 Å². The normalized spacial score (nSPS) is 7.43. The van der Waals surface area contributed by atoms with Crippen LogP contribution in [0.4, 0.5) is 0 Å². The molecule has 1 nitrogen and oxygen atoms in total. The van der Waals surface area contributed by atoms with Crippen LogP contribution in [0.3, 0.4) is 0 Å². The zero-order valence-electron chi connectivity index (χ0n) is 4.16. The van der Waals surface area contributed by atoms with Gasteiger partial charge in [0.2, 0.25) is 0 Å². The third-order valence-corrected chi connectivity index (χ3v) is 0.744. The maximum absolute atomic E-state index is 9.66. The Morgan fingerprint density at radius 1 is 1.43 bits per heavy atom. The average Bonchev–Trinajstić information content (AvgIpc) is 1.69. The molecule has 0 saturated heterocycles. The summed E-state index contributed by atoms with van der Waals surface area (Å²) >= 11 is 0. The second kappa shape index (κ2) is 6.42. The Balaban J connectivity index is 3.27. The van der Waals surface area contributed by atoms with Crippen molar-refractivity contribution in [2.45, 2.75) is 0 Å². The van der Waals surface area contributed by atoms with Crippen LogP contribution in [0.5, 0.6) is 0 Å². The van der Waals surface area contributed by atoms with E-state index in [1.807, 2.05) is 21.1 Å². The van der Waals surface area contributed by atoms with E-state index in [2.05, 4.69) is 0 Å². The molecule has 7 heavy (non-hydrogen) atoms. The molecule has 0 rings (SSSR count). The summed E-state index contributed by atoms with van der Waals surface area (Å²) < 4.78 is 9.66. The first kappa shape index (κ1) is 7.42. The van der Waals surface area contributed by atoms with Crippen molar-refractivity contribution >= 4 is 42.7 Å². The summed E-state index contributed by atoms with van der Waals surface area (Å²) in [5, 5.41) is 0. The fraction of sp³-hybridized carbons (Fsp3) is 0. The van der Waals surface area contributed by atoms with E-state index in [-0.39, 0.29) is 8.34 Å². The first-order chi connectivity index (χ1) is 3.41. The van der Waals surface area contributed by atoms with Crippen LogP contribution in [-0.2, 0) is 4.57 Å². The molecule has 7 heteroatoms. The van der Waals surface area contributed by atoms with Gasteiger partial charge in [0.05, 0.1) is 0 Å². The first-order valence-corrected chi connectivity index (χ1v) is 2.90. The van der Waals surface area contributed by atoms with E-state index >= 15 is 0 Å². The van der Waals surface area contributed by atoms with E-state index in [1.165, 1.54) is 0 Å². The van der Waals surface area contributed by atoms with Gasteiger partial charge in [-0.1, -0.05) is 0 Å². The van der Waals surface area contributed by atoms with Crippen LogP contribution in [0.2, 0.25) is 0 Å². The van der Waals surface area contributed by atoms with Crippen LogP contribution in [0.25, 0.3) is 0 Å². The number of hydrogen-bond donors (Lipinski definition) is 0. The molecule has 0 heterocycles. The molecule has 0 aliphatic carbocycles. The third-order valence-electron chi connectivity index (χ3n) is 0.450. The van der Waals surface area contributed by atoms with Gasteiger partial charge in [-0.15, -0.1) is 0 Å². The van der Waals surface area contributed by atoms with E-state index in [4.69, 9.17) is 0 Å². The SMILES string of the molecule is B/B=B\B=B/P=O. The zero-order valence-corrected chi connectivity index (χ0v) is 5.06. The van der Waals surface area contributed by atoms with E-state index in [0.29, 0.717) is 0 Å². The molecule has 0 amide bonds. The van der Waals surface area contributed by atoms with Crippen LogP contribution < -0.4 is 0 Å². The Hall–Kier alpha value is 0.425. The molecule has 0 aliphatic rings. The van der Waals surface area contributed by atoms with Gasteiger partial charge in [0.25, 0.3) is 0 Å². The fourth-order valence-electron chi connectivity index (χ4n) is 0.196. The van der Waals surface area contributed by atoms with Crippen molar-refractivity contribution in [1.29, 1.82) is 0 Å². The Morgan fingerprint density at radius 3 is 2.57 bits per heavy atom. The van der Waals surface area contributed by atoms with Crippen molar-refractivity contribution in [2.75, 3.05) is 0 Å². The van der Waals surface area contributed by atoms with Crippen LogP contribution in [0.15, 0.2) is 0 Å². The monoisotopic (exact) mass is 104 g/mol. The van der Waals surface area contributed by atoms with Gasteiger partial charge in [-0.05, 0) is 0 Å². The minimum atomic E-state index is 0.0728. The molecule has 0 radical (unpaired) electrons. The molecule has 0 spiro atoms. The maximum atomic E-state index is 9.66. The van der Waals surface area contributed by atoms with Crippen molar-refractivity contribution in [1.82, 2.24) is 0 Å². The second-order valence-electron chi connectivity index (χ2n) is 0.973. The van der Waals surface area contributed by atoms with Gasteiger partial charge in [-0.2, -0.15) is 0 Å². The van der Waals surface area contributed by atoms with E-state index in [0.717, 1.165) is 0 Å². The zero-order chi connectivity index (χ0) is 5.54. The number of hydrogen-bond acceptors (Lipinski definition) is 1. The quantitative estimate of drug-likeness (QED) is 0.301. The minimum absolute atomic E-state index is 0.0728. The first-order valence-electron chi connectivity index (χ1n) is 2.02. The molecular formula is H2B5OP. The molecule has 0 saturated carbocycles. The molecule has 0 N–H and O–H groups in total. The molecule has 0 aromatic carbocycles. The second-order valence-corrected chi connectivity index (χ2v) is 1.48. The van der Waals surface area contributed by atoms with E-state index in [1.54, 1.807) is 13.2 Å². The molecule has 0 bridgehead atoms. The van der Waals surface area contributed by atoms with Crippen LogP contribution in [-0.4, -0.2) is 34.3 Å².